The van der Waals surface area contributed by atoms with Crippen molar-refractivity contribution in [3.05, 3.63) is 47.7 Å². The molecule has 0 aliphatic carbocycles. The topological polar surface area (TPSA) is 84.8 Å². The third-order valence-electron chi connectivity index (χ3n) is 4.63. The highest BCUT2D eigenvalue weighted by molar-refractivity contribution is 5.89. The van der Waals surface area contributed by atoms with Crippen molar-refractivity contribution in [1.82, 2.24) is 9.97 Å². The maximum atomic E-state index is 14.3. The molecule has 7 nitrogen and oxygen atoms in total. The van der Waals surface area contributed by atoms with Gasteiger partial charge in [-0.2, -0.15) is 0 Å². The zero-order chi connectivity index (χ0) is 22.1. The van der Waals surface area contributed by atoms with Crippen LogP contribution < -0.4 is 9.64 Å². The van der Waals surface area contributed by atoms with Crippen molar-refractivity contribution < 1.29 is 36.9 Å². The van der Waals surface area contributed by atoms with Gasteiger partial charge in [0.1, 0.15) is 35.9 Å². The third kappa shape index (κ3) is 4.96. The standard InChI is InChI=1S/C19H19F4N3O4/c1-10(13-4-3-12(8-14(13)20)30-19(21,22)23)7-16-24-6-5-17(25-16)26-15(11(2)27)9-29-18(26)28/h3-6,8,10-11,15,27H,7,9H2,1-2H3/t10-,11-,15-/m1/s1. The molecule has 162 valence electrons. The van der Waals surface area contributed by atoms with E-state index in [1.807, 2.05) is 0 Å². The number of ether oxygens (including phenoxy) is 2. The van der Waals surface area contributed by atoms with E-state index in [1.54, 1.807) is 6.92 Å². The van der Waals surface area contributed by atoms with E-state index < -0.39 is 42.1 Å². The van der Waals surface area contributed by atoms with Crippen LogP contribution in [0.4, 0.5) is 28.2 Å². The molecule has 0 spiro atoms. The maximum Gasteiger partial charge on any atom is 0.573 e. The molecular weight excluding hydrogens is 410 g/mol. The van der Waals surface area contributed by atoms with Gasteiger partial charge in [0.05, 0.1) is 6.10 Å². The normalized spacial score (nSPS) is 18.8. The second-order valence-corrected chi connectivity index (χ2v) is 6.92. The van der Waals surface area contributed by atoms with Gasteiger partial charge in [0.2, 0.25) is 0 Å². The summed E-state index contributed by atoms with van der Waals surface area (Å²) in [6.07, 6.45) is -4.82. The molecule has 1 aromatic heterocycles. The molecule has 11 heteroatoms. The van der Waals surface area contributed by atoms with Gasteiger partial charge in [-0.15, -0.1) is 13.2 Å². The fourth-order valence-electron chi connectivity index (χ4n) is 3.16. The van der Waals surface area contributed by atoms with Crippen LogP contribution in [0.15, 0.2) is 30.5 Å². The number of hydrogen-bond acceptors (Lipinski definition) is 6. The molecule has 1 N–H and O–H groups in total. The van der Waals surface area contributed by atoms with Crippen LogP contribution in [0.1, 0.15) is 31.2 Å². The lowest BCUT2D eigenvalue weighted by Gasteiger charge is -2.22. The summed E-state index contributed by atoms with van der Waals surface area (Å²) in [5, 5.41) is 9.85. The lowest BCUT2D eigenvalue weighted by molar-refractivity contribution is -0.274. The smallest absolute Gasteiger partial charge is 0.447 e. The summed E-state index contributed by atoms with van der Waals surface area (Å²) in [7, 11) is 0. The van der Waals surface area contributed by atoms with Gasteiger partial charge in [-0.1, -0.05) is 13.0 Å². The highest BCUT2D eigenvalue weighted by atomic mass is 19.4. The first-order valence-corrected chi connectivity index (χ1v) is 9.06. The van der Waals surface area contributed by atoms with Gasteiger partial charge in [0.25, 0.3) is 0 Å². The van der Waals surface area contributed by atoms with Crippen molar-refractivity contribution in [2.24, 2.45) is 0 Å². The molecule has 2 heterocycles. The zero-order valence-electron chi connectivity index (χ0n) is 16.1. The van der Waals surface area contributed by atoms with Crippen LogP contribution in [0.5, 0.6) is 5.75 Å². The number of carbonyl (C=O) groups excluding carboxylic acids is 1. The summed E-state index contributed by atoms with van der Waals surface area (Å²) in [5.41, 5.74) is 0.168. The predicted octanol–water partition coefficient (Wildman–Crippen LogP) is 3.57. The fraction of sp³-hybridized carbons (Fsp3) is 0.421. The van der Waals surface area contributed by atoms with Crippen molar-refractivity contribution in [3.63, 3.8) is 0 Å². The van der Waals surface area contributed by atoms with Gasteiger partial charge < -0.3 is 14.6 Å². The van der Waals surface area contributed by atoms with E-state index in [9.17, 15) is 27.5 Å². The number of halogens is 4. The van der Waals surface area contributed by atoms with Crippen molar-refractivity contribution in [2.45, 2.75) is 44.7 Å². The van der Waals surface area contributed by atoms with Gasteiger partial charge in [-0.25, -0.2) is 19.2 Å². The number of rotatable bonds is 6. The quantitative estimate of drug-likeness (QED) is 0.707. The number of benzene rings is 1. The summed E-state index contributed by atoms with van der Waals surface area (Å²) in [6, 6.07) is 3.81. The number of cyclic esters (lactones) is 1. The van der Waals surface area contributed by atoms with E-state index in [4.69, 9.17) is 4.74 Å². The molecule has 1 aromatic carbocycles. The molecule has 0 unspecified atom stereocenters. The lowest BCUT2D eigenvalue weighted by atomic mass is 9.96. The Bertz CT molecular complexity index is 923. The number of nitrogens with zero attached hydrogens (tertiary/aromatic N) is 3. The second-order valence-electron chi connectivity index (χ2n) is 6.92. The van der Waals surface area contributed by atoms with Gasteiger partial charge in [-0.05, 0) is 30.5 Å². The summed E-state index contributed by atoms with van der Waals surface area (Å²) in [4.78, 5) is 21.7. The minimum absolute atomic E-state index is 0.0177. The first kappa shape index (κ1) is 21.8. The number of aliphatic hydroxyl groups excluding tert-OH is 1. The average molecular weight is 429 g/mol. The molecule has 1 fully saturated rings. The first-order valence-electron chi connectivity index (χ1n) is 9.06. The first-order chi connectivity index (χ1) is 14.0. The summed E-state index contributed by atoms with van der Waals surface area (Å²) >= 11 is 0. The summed E-state index contributed by atoms with van der Waals surface area (Å²) in [6.45, 7) is 3.21. The highest BCUT2D eigenvalue weighted by Gasteiger charge is 2.38. The Labute approximate surface area is 169 Å². The molecule has 1 saturated heterocycles. The largest absolute Gasteiger partial charge is 0.573 e. The number of carbonyl (C=O) groups is 1. The molecule has 1 aliphatic heterocycles. The van der Waals surface area contributed by atoms with Gasteiger partial charge in [-0.3, -0.25) is 4.90 Å². The molecule has 30 heavy (non-hydrogen) atoms. The van der Waals surface area contributed by atoms with E-state index in [-0.39, 0.29) is 24.4 Å². The molecule has 3 atom stereocenters. The minimum Gasteiger partial charge on any atom is -0.447 e. The van der Waals surface area contributed by atoms with Gasteiger partial charge in [0.15, 0.2) is 0 Å². The Morgan fingerprint density at radius 2 is 2.07 bits per heavy atom. The van der Waals surface area contributed by atoms with Crippen LogP contribution in [0, 0.1) is 5.82 Å². The lowest BCUT2D eigenvalue weighted by Crippen LogP contribution is -2.41. The Balaban J connectivity index is 1.77. The van der Waals surface area contributed by atoms with E-state index in [1.165, 1.54) is 30.2 Å². The van der Waals surface area contributed by atoms with Crippen molar-refractivity contribution in [3.8, 4) is 5.75 Å². The van der Waals surface area contributed by atoms with E-state index in [2.05, 4.69) is 14.7 Å². The summed E-state index contributed by atoms with van der Waals surface area (Å²) in [5.74, 6) is -1.45. The molecule has 0 bridgehead atoms. The Hall–Kier alpha value is -2.95. The molecule has 2 aromatic rings. The van der Waals surface area contributed by atoms with Crippen molar-refractivity contribution in [1.29, 1.82) is 0 Å². The fourth-order valence-corrected chi connectivity index (χ4v) is 3.16. The van der Waals surface area contributed by atoms with Gasteiger partial charge >= 0.3 is 12.5 Å². The van der Waals surface area contributed by atoms with Crippen molar-refractivity contribution >= 4 is 11.9 Å². The number of alkyl halides is 3. The molecule has 3 rings (SSSR count). The van der Waals surface area contributed by atoms with Crippen LogP contribution in [-0.2, 0) is 11.2 Å². The summed E-state index contributed by atoms with van der Waals surface area (Å²) < 4.78 is 59.8. The second kappa shape index (κ2) is 8.42. The monoisotopic (exact) mass is 429 g/mol. The number of aliphatic hydroxyl groups is 1. The SMILES string of the molecule is C[C@H](Cc1nccc(N2C(=O)OC[C@@H]2[C@@H](C)O)n1)c1ccc(OC(F)(F)F)cc1F. The third-order valence-corrected chi connectivity index (χ3v) is 4.63. The zero-order valence-corrected chi connectivity index (χ0v) is 16.1. The van der Waals surface area contributed by atoms with Crippen LogP contribution >= 0.6 is 0 Å². The number of aromatic nitrogens is 2. The number of hydrogen-bond donors (Lipinski definition) is 1. The Kier molecular flexibility index (Phi) is 6.11. The molecule has 0 radical (unpaired) electrons. The molecule has 1 amide bonds. The van der Waals surface area contributed by atoms with E-state index in [0.717, 1.165) is 6.07 Å². The Morgan fingerprint density at radius 3 is 2.70 bits per heavy atom. The minimum atomic E-state index is -4.91. The number of anilines is 1. The van der Waals surface area contributed by atoms with Gasteiger partial charge in [0, 0.05) is 18.7 Å². The van der Waals surface area contributed by atoms with Crippen LogP contribution in [-0.4, -0.2) is 46.3 Å². The van der Waals surface area contributed by atoms with Crippen LogP contribution in [0.3, 0.4) is 0 Å². The highest BCUT2D eigenvalue weighted by Crippen LogP contribution is 2.29. The van der Waals surface area contributed by atoms with Crippen LogP contribution in [0.25, 0.3) is 0 Å². The predicted molar refractivity (Wildman–Crippen MR) is 96.5 cm³/mol. The van der Waals surface area contributed by atoms with Crippen LogP contribution in [0.2, 0.25) is 0 Å². The molecular formula is C19H19F4N3O4. The molecule has 0 saturated carbocycles. The molecule has 1 aliphatic rings. The van der Waals surface area contributed by atoms with E-state index >= 15 is 0 Å². The Morgan fingerprint density at radius 1 is 1.33 bits per heavy atom. The van der Waals surface area contributed by atoms with Crippen molar-refractivity contribution in [2.75, 3.05) is 11.5 Å². The maximum absolute atomic E-state index is 14.3. The van der Waals surface area contributed by atoms with E-state index in [0.29, 0.717) is 11.9 Å². The average Bonchev–Trinajstić information content (AvgIpc) is 3.02. The number of amides is 1.